The fourth-order valence-electron chi connectivity index (χ4n) is 0. The Hall–Kier alpha value is 1.60. The van der Waals surface area contributed by atoms with Crippen molar-refractivity contribution in [2.75, 3.05) is 0 Å². The number of hydrogen-bond acceptors (Lipinski definition) is 1. The van der Waals surface area contributed by atoms with E-state index in [0.29, 0.717) is 0 Å². The molecule has 0 aromatic heterocycles. The maximum absolute atomic E-state index is 3.25. The van der Waals surface area contributed by atoms with Crippen molar-refractivity contribution in [1.82, 2.24) is 0 Å². The summed E-state index contributed by atoms with van der Waals surface area (Å²) in [4.78, 5) is 0. The first-order valence-corrected chi connectivity index (χ1v) is 0.707. The minimum absolute atomic E-state index is 0. The first-order chi connectivity index (χ1) is 1.00. The molecule has 0 aromatic carbocycles. The summed E-state index contributed by atoms with van der Waals surface area (Å²) in [5, 5.41) is 0. The predicted octanol–water partition coefficient (Wildman–Crippen LogP) is -2.33. The molecule has 0 saturated heterocycles. The van der Waals surface area contributed by atoms with Gasteiger partial charge in [0, 0.05) is 0 Å². The van der Waals surface area contributed by atoms with E-state index in [4.69, 9.17) is 0 Å². The Morgan fingerprint density at radius 2 is 1.25 bits per heavy atom. The molecule has 21 valence electrons. The molecule has 0 bridgehead atoms. The molecule has 0 aliphatic heterocycles. The summed E-state index contributed by atoms with van der Waals surface area (Å²) < 4.78 is 0. The molecular weight excluding hydrogens is 79.1 g/mol. The average Bonchev–Trinajstić information content (AvgIpc) is 1.00. The van der Waals surface area contributed by atoms with Crippen LogP contribution >= 0.6 is 0 Å². The van der Waals surface area contributed by atoms with E-state index in [0.717, 1.165) is 0 Å². The van der Waals surface area contributed by atoms with Crippen LogP contribution in [0.1, 0.15) is 6.92 Å². The third kappa shape index (κ3) is 9.51. The van der Waals surface area contributed by atoms with E-state index in [1.54, 1.807) is 6.92 Å². The van der Waals surface area contributed by atoms with Crippen molar-refractivity contribution < 1.29 is 56.9 Å². The van der Waals surface area contributed by atoms with Gasteiger partial charge in [-0.15, -0.1) is 0 Å². The molecule has 0 aliphatic rings. The Bertz CT molecular complexity index is 6.00. The van der Waals surface area contributed by atoms with Crippen molar-refractivity contribution in [3.8, 4) is 0 Å². The van der Waals surface area contributed by atoms with Crippen LogP contribution in [0.3, 0.4) is 0 Å². The predicted molar refractivity (Wildman–Crippen MR) is 13.0 cm³/mol. The van der Waals surface area contributed by atoms with Crippen molar-refractivity contribution >= 4 is 0 Å². The van der Waals surface area contributed by atoms with Gasteiger partial charge in [0.2, 0.25) is 0 Å². The third-order valence-corrected chi connectivity index (χ3v) is 0. The summed E-state index contributed by atoms with van der Waals surface area (Å²) in [5.74, 6) is 0. The SMILES string of the molecule is [CH2]C.[K+].[OH-]. The van der Waals surface area contributed by atoms with Gasteiger partial charge >= 0.3 is 51.4 Å². The molecule has 2 heteroatoms. The van der Waals surface area contributed by atoms with Crippen molar-refractivity contribution in [2.24, 2.45) is 0 Å². The Kier molecular flexibility index (Phi) is 102. The molecule has 0 spiro atoms. The second kappa shape index (κ2) is 23.3. The van der Waals surface area contributed by atoms with Gasteiger partial charge in [-0.1, -0.05) is 13.8 Å². The van der Waals surface area contributed by atoms with Gasteiger partial charge in [0.25, 0.3) is 0 Å². The molecule has 1 nitrogen and oxygen atoms in total. The Morgan fingerprint density at radius 3 is 1.25 bits per heavy atom. The molecule has 1 N–H and O–H groups in total. The maximum Gasteiger partial charge on any atom is 1.00 e. The fraction of sp³-hybridized carbons (Fsp3) is 0.500. The average molecular weight is 85.2 g/mol. The van der Waals surface area contributed by atoms with Crippen LogP contribution in [-0.4, -0.2) is 5.48 Å². The molecule has 0 unspecified atom stereocenters. The van der Waals surface area contributed by atoms with Crippen LogP contribution < -0.4 is 51.4 Å². The van der Waals surface area contributed by atoms with Gasteiger partial charge < -0.3 is 5.48 Å². The van der Waals surface area contributed by atoms with Crippen molar-refractivity contribution in [3.05, 3.63) is 6.92 Å². The second-order valence-corrected chi connectivity index (χ2v) is 0. The molecule has 0 rings (SSSR count). The van der Waals surface area contributed by atoms with E-state index in [1.807, 2.05) is 0 Å². The van der Waals surface area contributed by atoms with Crippen LogP contribution in [0.2, 0.25) is 0 Å². The summed E-state index contributed by atoms with van der Waals surface area (Å²) in [5.41, 5.74) is 0. The standard InChI is InChI=1S/C2H5.K.H2O/c1-2;;/h1H2,2H3;;1H2/q;+1;/p-1. The molecular formula is C2H6KO. The van der Waals surface area contributed by atoms with E-state index in [-0.39, 0.29) is 56.9 Å². The molecule has 0 amide bonds. The number of hydrogen-bond donors (Lipinski definition) is 0. The largest absolute Gasteiger partial charge is 1.00 e. The topological polar surface area (TPSA) is 30.0 Å². The molecule has 4 heavy (non-hydrogen) atoms. The molecule has 0 saturated carbocycles. The van der Waals surface area contributed by atoms with Gasteiger partial charge in [0.05, 0.1) is 0 Å². The van der Waals surface area contributed by atoms with E-state index >= 15 is 0 Å². The van der Waals surface area contributed by atoms with Gasteiger partial charge in [-0.05, 0) is 0 Å². The molecule has 0 fully saturated rings. The van der Waals surface area contributed by atoms with Crippen LogP contribution in [0.4, 0.5) is 0 Å². The monoisotopic (exact) mass is 85.0 g/mol. The first kappa shape index (κ1) is 17.5. The van der Waals surface area contributed by atoms with Crippen LogP contribution in [0.15, 0.2) is 0 Å². The fourth-order valence-corrected chi connectivity index (χ4v) is 0. The van der Waals surface area contributed by atoms with Crippen molar-refractivity contribution in [3.63, 3.8) is 0 Å². The van der Waals surface area contributed by atoms with E-state index in [1.165, 1.54) is 0 Å². The second-order valence-electron chi connectivity index (χ2n) is 0. The van der Waals surface area contributed by atoms with Gasteiger partial charge in [-0.2, -0.15) is 0 Å². The number of rotatable bonds is 0. The Morgan fingerprint density at radius 1 is 1.25 bits per heavy atom. The van der Waals surface area contributed by atoms with E-state index in [2.05, 4.69) is 6.92 Å². The van der Waals surface area contributed by atoms with E-state index in [9.17, 15) is 0 Å². The minimum Gasteiger partial charge on any atom is -0.870 e. The quantitative estimate of drug-likeness (QED) is 0.303. The Labute approximate surface area is 69.5 Å². The van der Waals surface area contributed by atoms with Crippen molar-refractivity contribution in [2.45, 2.75) is 6.92 Å². The molecule has 0 aliphatic carbocycles. The molecule has 0 aromatic rings. The summed E-state index contributed by atoms with van der Waals surface area (Å²) in [7, 11) is 0. The zero-order valence-corrected chi connectivity index (χ0v) is 6.28. The molecule has 1 radical (unpaired) electrons. The Balaban J connectivity index is -0.00000000500. The molecule has 0 atom stereocenters. The summed E-state index contributed by atoms with van der Waals surface area (Å²) >= 11 is 0. The normalized spacial score (nSPS) is 1.50. The zero-order chi connectivity index (χ0) is 2.00. The smallest absolute Gasteiger partial charge is 0.870 e. The summed E-state index contributed by atoms with van der Waals surface area (Å²) in [6.07, 6.45) is 0. The van der Waals surface area contributed by atoms with Crippen LogP contribution in [0.5, 0.6) is 0 Å². The summed E-state index contributed by atoms with van der Waals surface area (Å²) in [6.45, 7) is 5.00. The van der Waals surface area contributed by atoms with Crippen LogP contribution in [0, 0.1) is 6.92 Å². The zero-order valence-electron chi connectivity index (χ0n) is 3.15. The van der Waals surface area contributed by atoms with E-state index < -0.39 is 0 Å². The van der Waals surface area contributed by atoms with Gasteiger partial charge in [-0.25, -0.2) is 0 Å². The van der Waals surface area contributed by atoms with Crippen LogP contribution in [0.25, 0.3) is 0 Å². The van der Waals surface area contributed by atoms with Crippen LogP contribution in [-0.2, 0) is 0 Å². The van der Waals surface area contributed by atoms with Gasteiger partial charge in [0.1, 0.15) is 0 Å². The molecule has 0 heterocycles. The first-order valence-electron chi connectivity index (χ1n) is 0.707. The third-order valence-electron chi connectivity index (χ3n) is 0. The maximum atomic E-state index is 3.25. The summed E-state index contributed by atoms with van der Waals surface area (Å²) in [6, 6.07) is 0. The van der Waals surface area contributed by atoms with Gasteiger partial charge in [0.15, 0.2) is 0 Å². The van der Waals surface area contributed by atoms with Crippen molar-refractivity contribution in [1.29, 1.82) is 0 Å². The minimum atomic E-state index is 0. The van der Waals surface area contributed by atoms with Gasteiger partial charge in [-0.3, -0.25) is 0 Å².